The lowest BCUT2D eigenvalue weighted by Gasteiger charge is -2.07. The van der Waals surface area contributed by atoms with Gasteiger partial charge in [0, 0.05) is 7.05 Å². The first-order valence-corrected chi connectivity index (χ1v) is 6.63. The summed E-state index contributed by atoms with van der Waals surface area (Å²) in [5.74, 6) is -0.747. The summed E-state index contributed by atoms with van der Waals surface area (Å²) in [6.45, 7) is 0. The maximum absolute atomic E-state index is 13.5. The molecule has 1 aromatic carbocycles. The maximum Gasteiger partial charge on any atom is 0.272 e. The molecule has 0 saturated carbocycles. The van der Waals surface area contributed by atoms with Crippen LogP contribution in [0.1, 0.15) is 10.5 Å². The number of hydrogen-bond donors (Lipinski definition) is 1. The number of aryl methyl sites for hydroxylation is 1. The zero-order chi connectivity index (χ0) is 13.4. The number of halogens is 1. The van der Waals surface area contributed by atoms with Gasteiger partial charge in [0.2, 0.25) is 0 Å². The van der Waals surface area contributed by atoms with Gasteiger partial charge in [-0.05, 0) is 29.6 Å². The number of thiophene rings is 1. The van der Waals surface area contributed by atoms with E-state index in [1.54, 1.807) is 29.5 Å². The molecule has 0 saturated heterocycles. The topological polar surface area (TPSA) is 34.0 Å². The molecule has 3 nitrogen and oxygen atoms in total. The molecule has 0 radical (unpaired) electrons. The Morgan fingerprint density at radius 3 is 2.84 bits per heavy atom. The Morgan fingerprint density at radius 2 is 2.11 bits per heavy atom. The number of nitrogens with one attached hydrogen (secondary N) is 1. The minimum atomic E-state index is -0.438. The lowest BCUT2D eigenvalue weighted by atomic mass is 10.3. The van der Waals surface area contributed by atoms with E-state index >= 15 is 0 Å². The van der Waals surface area contributed by atoms with Gasteiger partial charge >= 0.3 is 0 Å². The van der Waals surface area contributed by atoms with Gasteiger partial charge in [-0.25, -0.2) is 4.39 Å². The van der Waals surface area contributed by atoms with Crippen molar-refractivity contribution in [2.24, 2.45) is 7.05 Å². The highest BCUT2D eigenvalue weighted by Gasteiger charge is 2.15. The molecule has 2 aromatic heterocycles. The van der Waals surface area contributed by atoms with Gasteiger partial charge < -0.3 is 9.88 Å². The largest absolute Gasteiger partial charge is 0.339 e. The van der Waals surface area contributed by atoms with Crippen LogP contribution in [0.2, 0.25) is 0 Å². The van der Waals surface area contributed by atoms with Crippen molar-refractivity contribution in [2.45, 2.75) is 0 Å². The molecule has 5 heteroatoms. The number of aromatic nitrogens is 1. The van der Waals surface area contributed by atoms with Gasteiger partial charge in [-0.2, -0.15) is 0 Å². The second-order valence-corrected chi connectivity index (χ2v) is 5.14. The van der Waals surface area contributed by atoms with Crippen LogP contribution in [0.25, 0.3) is 10.2 Å². The molecule has 2 heterocycles. The Hall–Kier alpha value is -2.14. The number of anilines is 1. The summed E-state index contributed by atoms with van der Waals surface area (Å²) in [5, 5.41) is 4.56. The number of fused-ring (bicyclic) bond motifs is 1. The number of hydrogen-bond acceptors (Lipinski definition) is 2. The average molecular weight is 274 g/mol. The average Bonchev–Trinajstić information content (AvgIpc) is 2.96. The number of carbonyl (C=O) groups is 1. The van der Waals surface area contributed by atoms with Crippen molar-refractivity contribution in [1.29, 1.82) is 0 Å². The third-order valence-corrected chi connectivity index (χ3v) is 3.87. The van der Waals surface area contributed by atoms with Crippen LogP contribution in [-0.2, 0) is 7.05 Å². The van der Waals surface area contributed by atoms with Crippen LogP contribution in [-0.4, -0.2) is 10.5 Å². The van der Waals surface area contributed by atoms with Gasteiger partial charge in [0.15, 0.2) is 0 Å². The molecule has 0 aliphatic carbocycles. The lowest BCUT2D eigenvalue weighted by molar-refractivity contribution is 0.101. The Morgan fingerprint density at radius 1 is 1.32 bits per heavy atom. The van der Waals surface area contributed by atoms with E-state index in [1.807, 2.05) is 29.1 Å². The Kier molecular flexibility index (Phi) is 2.83. The van der Waals surface area contributed by atoms with E-state index in [1.165, 1.54) is 6.07 Å². The predicted molar refractivity (Wildman–Crippen MR) is 75.1 cm³/mol. The van der Waals surface area contributed by atoms with E-state index in [9.17, 15) is 9.18 Å². The molecule has 19 heavy (non-hydrogen) atoms. The normalized spacial score (nSPS) is 10.8. The van der Waals surface area contributed by atoms with E-state index in [4.69, 9.17) is 0 Å². The smallest absolute Gasteiger partial charge is 0.272 e. The molecule has 0 atom stereocenters. The number of benzene rings is 1. The van der Waals surface area contributed by atoms with Gasteiger partial charge in [-0.15, -0.1) is 11.3 Å². The van der Waals surface area contributed by atoms with E-state index in [0.29, 0.717) is 5.69 Å². The first-order valence-electron chi connectivity index (χ1n) is 5.75. The quantitative estimate of drug-likeness (QED) is 0.760. The number of para-hydroxylation sites is 1. The zero-order valence-electron chi connectivity index (χ0n) is 10.2. The third-order valence-electron chi connectivity index (χ3n) is 3.02. The van der Waals surface area contributed by atoms with Gasteiger partial charge in [0.1, 0.15) is 11.5 Å². The van der Waals surface area contributed by atoms with Gasteiger partial charge in [-0.1, -0.05) is 12.1 Å². The Labute approximate surface area is 113 Å². The van der Waals surface area contributed by atoms with Crippen LogP contribution in [0.5, 0.6) is 0 Å². The van der Waals surface area contributed by atoms with E-state index in [2.05, 4.69) is 5.32 Å². The molecule has 3 aromatic rings. The van der Waals surface area contributed by atoms with Crippen molar-refractivity contribution >= 4 is 33.1 Å². The van der Waals surface area contributed by atoms with Gasteiger partial charge in [-0.3, -0.25) is 4.79 Å². The van der Waals surface area contributed by atoms with Crippen LogP contribution >= 0.6 is 11.3 Å². The predicted octanol–water partition coefficient (Wildman–Crippen LogP) is 3.63. The highest BCUT2D eigenvalue weighted by Crippen LogP contribution is 2.25. The molecule has 0 aliphatic rings. The fourth-order valence-electron chi connectivity index (χ4n) is 2.02. The van der Waals surface area contributed by atoms with Crippen LogP contribution in [0.4, 0.5) is 10.1 Å². The van der Waals surface area contributed by atoms with Gasteiger partial charge in [0.05, 0.1) is 15.9 Å². The van der Waals surface area contributed by atoms with Gasteiger partial charge in [0.25, 0.3) is 5.91 Å². The molecule has 0 spiro atoms. The van der Waals surface area contributed by atoms with Crippen molar-refractivity contribution in [3.8, 4) is 0 Å². The van der Waals surface area contributed by atoms with Crippen molar-refractivity contribution < 1.29 is 9.18 Å². The summed E-state index contributed by atoms with van der Waals surface area (Å²) in [4.78, 5) is 12.2. The number of amides is 1. The van der Waals surface area contributed by atoms with E-state index in [0.717, 1.165) is 10.2 Å². The fourth-order valence-corrected chi connectivity index (χ4v) is 2.87. The van der Waals surface area contributed by atoms with Crippen LogP contribution in [0, 0.1) is 5.82 Å². The number of nitrogens with zero attached hydrogens (tertiary/aromatic N) is 1. The Balaban J connectivity index is 1.94. The van der Waals surface area contributed by atoms with Crippen LogP contribution < -0.4 is 5.32 Å². The molecular weight excluding hydrogens is 263 g/mol. The summed E-state index contributed by atoms with van der Waals surface area (Å²) in [5.41, 5.74) is 1.71. The van der Waals surface area contributed by atoms with Crippen molar-refractivity contribution in [3.05, 3.63) is 53.3 Å². The van der Waals surface area contributed by atoms with Crippen LogP contribution in [0.15, 0.2) is 41.8 Å². The highest BCUT2D eigenvalue weighted by atomic mass is 32.1. The maximum atomic E-state index is 13.5. The molecule has 0 unspecified atom stereocenters. The summed E-state index contributed by atoms with van der Waals surface area (Å²) >= 11 is 1.57. The Bertz CT molecular complexity index is 760. The molecule has 3 rings (SSSR count). The van der Waals surface area contributed by atoms with Crippen molar-refractivity contribution in [1.82, 2.24) is 4.57 Å². The lowest BCUT2D eigenvalue weighted by Crippen LogP contribution is -2.16. The first kappa shape index (κ1) is 11.9. The molecule has 0 fully saturated rings. The SMILES string of the molecule is Cn1c(C(=O)Nc2ccccc2F)cc2sccc21. The minimum Gasteiger partial charge on any atom is -0.339 e. The molecule has 1 N–H and O–H groups in total. The first-order chi connectivity index (χ1) is 9.16. The fraction of sp³-hybridized carbons (Fsp3) is 0.0714. The van der Waals surface area contributed by atoms with Crippen molar-refractivity contribution in [2.75, 3.05) is 5.32 Å². The molecule has 96 valence electrons. The molecule has 0 aliphatic heterocycles. The van der Waals surface area contributed by atoms with Crippen LogP contribution in [0.3, 0.4) is 0 Å². The molecule has 1 amide bonds. The minimum absolute atomic E-state index is 0.192. The summed E-state index contributed by atoms with van der Waals surface area (Å²) < 4.78 is 16.3. The van der Waals surface area contributed by atoms with E-state index < -0.39 is 5.82 Å². The number of rotatable bonds is 2. The third kappa shape index (κ3) is 2.02. The standard InChI is InChI=1S/C14H11FN2OS/c1-17-11-6-7-19-13(11)8-12(17)14(18)16-10-5-3-2-4-9(10)15/h2-8H,1H3,(H,16,18). The summed E-state index contributed by atoms with van der Waals surface area (Å²) in [6.07, 6.45) is 0. The van der Waals surface area contributed by atoms with Crippen molar-refractivity contribution in [3.63, 3.8) is 0 Å². The second-order valence-electron chi connectivity index (χ2n) is 4.19. The highest BCUT2D eigenvalue weighted by molar-refractivity contribution is 7.17. The van der Waals surface area contributed by atoms with E-state index in [-0.39, 0.29) is 11.6 Å². The zero-order valence-corrected chi connectivity index (χ0v) is 11.0. The molecule has 0 bridgehead atoms. The number of carbonyl (C=O) groups excluding carboxylic acids is 1. The summed E-state index contributed by atoms with van der Waals surface area (Å²) in [7, 11) is 1.82. The second kappa shape index (κ2) is 4.51. The summed E-state index contributed by atoms with van der Waals surface area (Å²) in [6, 6.07) is 9.90. The molecular formula is C14H11FN2OS. The monoisotopic (exact) mass is 274 g/mol.